The van der Waals surface area contributed by atoms with Crippen molar-refractivity contribution in [2.45, 2.75) is 6.92 Å². The fourth-order valence-electron chi connectivity index (χ4n) is 2.33. The molecule has 2 amide bonds. The summed E-state index contributed by atoms with van der Waals surface area (Å²) in [7, 11) is 0. The van der Waals surface area contributed by atoms with E-state index in [0.717, 1.165) is 0 Å². The SMILES string of the molecule is CC(=O)c1ccc(NC(=O)CN2C(=O)COc3cccnc32)cc1. The van der Waals surface area contributed by atoms with Gasteiger partial charge in [0.05, 0.1) is 0 Å². The van der Waals surface area contributed by atoms with Crippen LogP contribution in [0, 0.1) is 0 Å². The number of ketones is 1. The maximum absolute atomic E-state index is 12.2. The number of benzene rings is 1. The van der Waals surface area contributed by atoms with Crippen LogP contribution in [0.3, 0.4) is 0 Å². The number of hydrogen-bond donors (Lipinski definition) is 1. The van der Waals surface area contributed by atoms with E-state index in [1.165, 1.54) is 18.0 Å². The van der Waals surface area contributed by atoms with E-state index in [2.05, 4.69) is 10.3 Å². The molecule has 1 N–H and O–H groups in total. The molecule has 1 aliphatic heterocycles. The number of hydrogen-bond acceptors (Lipinski definition) is 5. The van der Waals surface area contributed by atoms with Gasteiger partial charge in [0.1, 0.15) is 6.54 Å². The Balaban J connectivity index is 1.70. The second kappa shape index (κ2) is 6.49. The molecule has 1 aliphatic rings. The Labute approximate surface area is 138 Å². The number of nitrogens with one attached hydrogen (secondary N) is 1. The number of amides is 2. The lowest BCUT2D eigenvalue weighted by atomic mass is 10.1. The van der Waals surface area contributed by atoms with Gasteiger partial charge in [-0.3, -0.25) is 19.3 Å². The van der Waals surface area contributed by atoms with E-state index in [4.69, 9.17) is 4.74 Å². The average Bonchev–Trinajstić information content (AvgIpc) is 2.58. The molecule has 0 bridgehead atoms. The third-order valence-corrected chi connectivity index (χ3v) is 3.54. The van der Waals surface area contributed by atoms with E-state index in [1.54, 1.807) is 36.4 Å². The number of ether oxygens (including phenoxy) is 1. The lowest BCUT2D eigenvalue weighted by Crippen LogP contribution is -2.43. The van der Waals surface area contributed by atoms with Gasteiger partial charge in [0.2, 0.25) is 5.91 Å². The summed E-state index contributed by atoms with van der Waals surface area (Å²) in [6.07, 6.45) is 1.53. The molecule has 0 aliphatic carbocycles. The van der Waals surface area contributed by atoms with Gasteiger partial charge >= 0.3 is 0 Å². The molecule has 0 atom stereocenters. The molecule has 0 saturated heterocycles. The Morgan fingerprint density at radius 1 is 1.25 bits per heavy atom. The van der Waals surface area contributed by atoms with Gasteiger partial charge in [-0.1, -0.05) is 0 Å². The molecule has 122 valence electrons. The Bertz CT molecular complexity index is 802. The van der Waals surface area contributed by atoms with Crippen LogP contribution in [0.25, 0.3) is 0 Å². The summed E-state index contributed by atoms with van der Waals surface area (Å²) in [5.41, 5.74) is 1.11. The van der Waals surface area contributed by atoms with E-state index < -0.39 is 0 Å². The maximum atomic E-state index is 12.2. The van der Waals surface area contributed by atoms with E-state index in [0.29, 0.717) is 22.8 Å². The minimum absolute atomic E-state index is 0.0468. The number of aromatic nitrogens is 1. The van der Waals surface area contributed by atoms with E-state index in [1.807, 2.05) is 0 Å². The van der Waals surface area contributed by atoms with Crippen LogP contribution in [-0.4, -0.2) is 35.7 Å². The molecule has 2 heterocycles. The molecule has 2 aromatic rings. The van der Waals surface area contributed by atoms with Gasteiger partial charge in [0.25, 0.3) is 5.91 Å². The first kappa shape index (κ1) is 15.7. The molecule has 7 heteroatoms. The van der Waals surface area contributed by atoms with Gasteiger partial charge in [-0.2, -0.15) is 0 Å². The van der Waals surface area contributed by atoms with Crippen LogP contribution in [0.15, 0.2) is 42.6 Å². The summed E-state index contributed by atoms with van der Waals surface area (Å²) in [6.45, 7) is 1.18. The first-order valence-electron chi connectivity index (χ1n) is 7.33. The third kappa shape index (κ3) is 3.24. The molecule has 24 heavy (non-hydrogen) atoms. The van der Waals surface area contributed by atoms with Crippen LogP contribution in [0.1, 0.15) is 17.3 Å². The van der Waals surface area contributed by atoms with Crippen molar-refractivity contribution in [1.82, 2.24) is 4.98 Å². The molecule has 1 aromatic heterocycles. The van der Waals surface area contributed by atoms with Crippen LogP contribution in [0.5, 0.6) is 5.75 Å². The van der Waals surface area contributed by atoms with Gasteiger partial charge in [-0.15, -0.1) is 0 Å². The zero-order valence-electron chi connectivity index (χ0n) is 13.0. The summed E-state index contributed by atoms with van der Waals surface area (Å²) in [6, 6.07) is 9.94. The predicted octanol–water partition coefficient (Wildman–Crippen LogP) is 1.65. The lowest BCUT2D eigenvalue weighted by molar-refractivity contribution is -0.123. The highest BCUT2D eigenvalue weighted by molar-refractivity contribution is 6.04. The molecule has 0 spiro atoms. The minimum Gasteiger partial charge on any atom is -0.480 e. The highest BCUT2D eigenvalue weighted by Gasteiger charge is 2.28. The first-order valence-corrected chi connectivity index (χ1v) is 7.33. The van der Waals surface area contributed by atoms with E-state index >= 15 is 0 Å². The van der Waals surface area contributed by atoms with Gasteiger partial charge < -0.3 is 10.1 Å². The van der Waals surface area contributed by atoms with Crippen molar-refractivity contribution in [3.8, 4) is 5.75 Å². The summed E-state index contributed by atoms with van der Waals surface area (Å²) in [5, 5.41) is 2.69. The van der Waals surface area contributed by atoms with Crippen LogP contribution in [0.4, 0.5) is 11.5 Å². The number of carbonyl (C=O) groups is 3. The van der Waals surface area contributed by atoms with Crippen LogP contribution < -0.4 is 15.0 Å². The zero-order chi connectivity index (χ0) is 17.1. The molecular weight excluding hydrogens is 310 g/mol. The van der Waals surface area contributed by atoms with Crippen LogP contribution in [0.2, 0.25) is 0 Å². The number of anilines is 2. The first-order chi connectivity index (χ1) is 11.5. The largest absolute Gasteiger partial charge is 0.480 e. The average molecular weight is 325 g/mol. The van der Waals surface area contributed by atoms with Crippen LogP contribution in [-0.2, 0) is 9.59 Å². The van der Waals surface area contributed by atoms with Crippen LogP contribution >= 0.6 is 0 Å². The summed E-state index contributed by atoms with van der Waals surface area (Å²) >= 11 is 0. The Morgan fingerprint density at radius 3 is 2.71 bits per heavy atom. The topological polar surface area (TPSA) is 88.6 Å². The van der Waals surface area contributed by atoms with Crippen molar-refractivity contribution in [2.24, 2.45) is 0 Å². The van der Waals surface area contributed by atoms with E-state index in [-0.39, 0.29) is 30.7 Å². The summed E-state index contributed by atoms with van der Waals surface area (Å²) in [5.74, 6) is 0.0571. The minimum atomic E-state index is -0.363. The maximum Gasteiger partial charge on any atom is 0.266 e. The lowest BCUT2D eigenvalue weighted by Gasteiger charge is -2.27. The number of carbonyl (C=O) groups excluding carboxylic acids is 3. The Kier molecular flexibility index (Phi) is 4.24. The third-order valence-electron chi connectivity index (χ3n) is 3.54. The predicted molar refractivity (Wildman–Crippen MR) is 87.2 cm³/mol. The molecular formula is C17H15N3O4. The van der Waals surface area contributed by atoms with Crippen molar-refractivity contribution in [3.63, 3.8) is 0 Å². The Morgan fingerprint density at radius 2 is 2.00 bits per heavy atom. The fraction of sp³-hybridized carbons (Fsp3) is 0.176. The standard InChI is InChI=1S/C17H15N3O4/c1-11(21)12-4-6-13(7-5-12)19-15(22)9-20-16(23)10-24-14-3-2-8-18-17(14)20/h2-8H,9-10H2,1H3,(H,19,22). The number of pyridine rings is 1. The molecule has 0 saturated carbocycles. The van der Waals surface area contributed by atoms with Crippen molar-refractivity contribution < 1.29 is 19.1 Å². The van der Waals surface area contributed by atoms with Crippen molar-refractivity contribution in [3.05, 3.63) is 48.2 Å². The number of nitrogens with zero attached hydrogens (tertiary/aromatic N) is 2. The normalized spacial score (nSPS) is 13.0. The molecule has 7 nitrogen and oxygen atoms in total. The van der Waals surface area contributed by atoms with Gasteiger partial charge in [0, 0.05) is 17.4 Å². The highest BCUT2D eigenvalue weighted by Crippen LogP contribution is 2.28. The molecule has 0 fully saturated rings. The Hall–Kier alpha value is -3.22. The number of Topliss-reactive ketones (excluding diaryl/α,β-unsaturated/α-hetero) is 1. The number of fused-ring (bicyclic) bond motifs is 1. The molecule has 0 radical (unpaired) electrons. The second-order valence-corrected chi connectivity index (χ2v) is 5.28. The summed E-state index contributed by atoms with van der Waals surface area (Å²) < 4.78 is 5.28. The summed E-state index contributed by atoms with van der Waals surface area (Å²) in [4.78, 5) is 40.9. The smallest absolute Gasteiger partial charge is 0.266 e. The van der Waals surface area contributed by atoms with Gasteiger partial charge in [0.15, 0.2) is 24.0 Å². The van der Waals surface area contributed by atoms with Gasteiger partial charge in [-0.05, 0) is 43.3 Å². The highest BCUT2D eigenvalue weighted by atomic mass is 16.5. The van der Waals surface area contributed by atoms with Crippen molar-refractivity contribution >= 4 is 29.1 Å². The van der Waals surface area contributed by atoms with E-state index in [9.17, 15) is 14.4 Å². The molecule has 0 unspecified atom stereocenters. The van der Waals surface area contributed by atoms with Crippen molar-refractivity contribution in [1.29, 1.82) is 0 Å². The zero-order valence-corrected chi connectivity index (χ0v) is 13.0. The van der Waals surface area contributed by atoms with Crippen molar-refractivity contribution in [2.75, 3.05) is 23.4 Å². The molecule has 3 rings (SSSR count). The quantitative estimate of drug-likeness (QED) is 0.864. The monoisotopic (exact) mass is 325 g/mol. The van der Waals surface area contributed by atoms with Gasteiger partial charge in [-0.25, -0.2) is 4.98 Å². The second-order valence-electron chi connectivity index (χ2n) is 5.28. The fourth-order valence-corrected chi connectivity index (χ4v) is 2.33. The molecule has 1 aromatic carbocycles. The number of rotatable bonds is 4.